The Bertz CT molecular complexity index is 483. The second kappa shape index (κ2) is 5.83. The number of benzene rings is 1. The van der Waals surface area contributed by atoms with Gasteiger partial charge in [0.15, 0.2) is 0 Å². The van der Waals surface area contributed by atoms with Crippen molar-refractivity contribution < 1.29 is 0 Å². The van der Waals surface area contributed by atoms with E-state index in [2.05, 4.69) is 46.9 Å². The summed E-state index contributed by atoms with van der Waals surface area (Å²) in [5.41, 5.74) is 9.51. The highest BCUT2D eigenvalue weighted by atomic mass is 15.0. The highest BCUT2D eigenvalue weighted by Gasteiger charge is 2.02. The van der Waals surface area contributed by atoms with Crippen LogP contribution in [-0.2, 0) is 19.4 Å². The van der Waals surface area contributed by atoms with Gasteiger partial charge in [-0.25, -0.2) is 4.98 Å². The Balaban J connectivity index is 2.01. The molecular weight excluding hydrogens is 222 g/mol. The van der Waals surface area contributed by atoms with Crippen LogP contribution in [0.4, 0.5) is 0 Å². The van der Waals surface area contributed by atoms with Crippen LogP contribution in [0.5, 0.6) is 0 Å². The summed E-state index contributed by atoms with van der Waals surface area (Å²) in [7, 11) is 0. The quantitative estimate of drug-likeness (QED) is 0.876. The van der Waals surface area contributed by atoms with Crippen molar-refractivity contribution in [2.45, 2.75) is 39.3 Å². The van der Waals surface area contributed by atoms with Crippen molar-refractivity contribution in [3.8, 4) is 0 Å². The molecule has 3 nitrogen and oxygen atoms in total. The lowest BCUT2D eigenvalue weighted by Crippen LogP contribution is -2.17. The highest BCUT2D eigenvalue weighted by molar-refractivity contribution is 5.22. The van der Waals surface area contributed by atoms with Crippen molar-refractivity contribution in [1.29, 1.82) is 0 Å². The minimum Gasteiger partial charge on any atom is -0.333 e. The van der Waals surface area contributed by atoms with Gasteiger partial charge in [-0.15, -0.1) is 0 Å². The van der Waals surface area contributed by atoms with Gasteiger partial charge >= 0.3 is 0 Å². The SMILES string of the molecule is CCc1ccc(Cn2cnc(CC(C)N)c2)cc1. The van der Waals surface area contributed by atoms with Crippen LogP contribution in [0.1, 0.15) is 30.7 Å². The minimum atomic E-state index is 0.164. The van der Waals surface area contributed by atoms with E-state index >= 15 is 0 Å². The summed E-state index contributed by atoms with van der Waals surface area (Å²) in [5, 5.41) is 0. The van der Waals surface area contributed by atoms with E-state index in [1.807, 2.05) is 13.3 Å². The van der Waals surface area contributed by atoms with Crippen LogP contribution in [-0.4, -0.2) is 15.6 Å². The van der Waals surface area contributed by atoms with Crippen LogP contribution in [0.15, 0.2) is 36.8 Å². The molecule has 1 aromatic heterocycles. The first-order valence-electron chi connectivity index (χ1n) is 6.51. The molecule has 0 spiro atoms. The monoisotopic (exact) mass is 243 g/mol. The van der Waals surface area contributed by atoms with Crippen molar-refractivity contribution in [2.75, 3.05) is 0 Å². The fourth-order valence-electron chi connectivity index (χ4n) is 2.02. The molecule has 2 aromatic rings. The van der Waals surface area contributed by atoms with E-state index in [9.17, 15) is 0 Å². The lowest BCUT2D eigenvalue weighted by molar-refractivity contribution is 0.723. The number of nitrogens with two attached hydrogens (primary N) is 1. The maximum absolute atomic E-state index is 5.77. The standard InChI is InChI=1S/C15H21N3/c1-3-13-4-6-14(7-5-13)9-18-10-15(17-11-18)8-12(2)16/h4-7,10-12H,3,8-9,16H2,1-2H3. The van der Waals surface area contributed by atoms with Crippen LogP contribution >= 0.6 is 0 Å². The third-order valence-electron chi connectivity index (χ3n) is 3.01. The molecule has 0 saturated carbocycles. The summed E-state index contributed by atoms with van der Waals surface area (Å²) in [6.45, 7) is 5.05. The van der Waals surface area contributed by atoms with Gasteiger partial charge in [0.25, 0.3) is 0 Å². The first kappa shape index (κ1) is 12.8. The Labute approximate surface area is 109 Å². The molecule has 0 amide bonds. The molecule has 0 radical (unpaired) electrons. The average molecular weight is 243 g/mol. The molecule has 1 atom stereocenters. The smallest absolute Gasteiger partial charge is 0.0952 e. The summed E-state index contributed by atoms with van der Waals surface area (Å²) < 4.78 is 2.11. The van der Waals surface area contributed by atoms with E-state index in [4.69, 9.17) is 5.73 Å². The molecule has 0 aliphatic rings. The zero-order valence-corrected chi connectivity index (χ0v) is 11.1. The molecule has 1 aromatic carbocycles. The molecule has 1 heterocycles. The summed E-state index contributed by atoms with van der Waals surface area (Å²) in [6, 6.07) is 8.91. The van der Waals surface area contributed by atoms with Gasteiger partial charge in [0.2, 0.25) is 0 Å². The molecule has 3 heteroatoms. The molecule has 2 N–H and O–H groups in total. The van der Waals surface area contributed by atoms with Gasteiger partial charge < -0.3 is 10.3 Å². The predicted octanol–water partition coefficient (Wildman–Crippen LogP) is 2.38. The van der Waals surface area contributed by atoms with Gasteiger partial charge in [-0.2, -0.15) is 0 Å². The van der Waals surface area contributed by atoms with Gasteiger partial charge in [-0.05, 0) is 24.5 Å². The largest absolute Gasteiger partial charge is 0.333 e. The summed E-state index contributed by atoms with van der Waals surface area (Å²) in [5.74, 6) is 0. The third kappa shape index (κ3) is 3.44. The molecule has 18 heavy (non-hydrogen) atoms. The Hall–Kier alpha value is -1.61. The Morgan fingerprint density at radius 2 is 1.89 bits per heavy atom. The molecule has 96 valence electrons. The van der Waals surface area contributed by atoms with Gasteiger partial charge in [0.05, 0.1) is 12.0 Å². The van der Waals surface area contributed by atoms with Gasteiger partial charge in [0, 0.05) is 25.2 Å². The Morgan fingerprint density at radius 3 is 2.50 bits per heavy atom. The number of hydrogen-bond donors (Lipinski definition) is 1. The molecule has 1 unspecified atom stereocenters. The topological polar surface area (TPSA) is 43.8 Å². The van der Waals surface area contributed by atoms with Gasteiger partial charge in [-0.3, -0.25) is 0 Å². The van der Waals surface area contributed by atoms with E-state index in [1.54, 1.807) is 0 Å². The van der Waals surface area contributed by atoms with Crippen LogP contribution < -0.4 is 5.73 Å². The number of hydrogen-bond acceptors (Lipinski definition) is 2. The van der Waals surface area contributed by atoms with E-state index in [0.717, 1.165) is 25.1 Å². The normalized spacial score (nSPS) is 12.6. The number of aryl methyl sites for hydroxylation is 1. The fourth-order valence-corrected chi connectivity index (χ4v) is 2.02. The van der Waals surface area contributed by atoms with E-state index in [1.165, 1.54) is 11.1 Å². The second-order valence-electron chi connectivity index (χ2n) is 4.89. The molecule has 0 fully saturated rings. The van der Waals surface area contributed by atoms with E-state index in [-0.39, 0.29) is 6.04 Å². The Morgan fingerprint density at radius 1 is 1.22 bits per heavy atom. The van der Waals surface area contributed by atoms with E-state index in [0.29, 0.717) is 0 Å². The number of rotatable bonds is 5. The maximum atomic E-state index is 5.77. The minimum absolute atomic E-state index is 0.164. The van der Waals surface area contributed by atoms with Crippen molar-refractivity contribution in [3.05, 3.63) is 53.6 Å². The lowest BCUT2D eigenvalue weighted by Gasteiger charge is -2.04. The molecule has 0 aliphatic carbocycles. The first-order valence-corrected chi connectivity index (χ1v) is 6.51. The first-order chi connectivity index (χ1) is 8.67. The molecule has 0 aliphatic heterocycles. The van der Waals surface area contributed by atoms with Gasteiger partial charge in [-0.1, -0.05) is 31.2 Å². The number of imidazole rings is 1. The molecule has 2 rings (SSSR count). The van der Waals surface area contributed by atoms with Crippen LogP contribution in [0.3, 0.4) is 0 Å². The van der Waals surface area contributed by atoms with Crippen molar-refractivity contribution >= 4 is 0 Å². The predicted molar refractivity (Wildman–Crippen MR) is 74.5 cm³/mol. The average Bonchev–Trinajstić information content (AvgIpc) is 2.76. The molecule has 0 bridgehead atoms. The Kier molecular flexibility index (Phi) is 4.15. The van der Waals surface area contributed by atoms with Crippen molar-refractivity contribution in [1.82, 2.24) is 9.55 Å². The number of aromatic nitrogens is 2. The van der Waals surface area contributed by atoms with Crippen LogP contribution in [0.2, 0.25) is 0 Å². The van der Waals surface area contributed by atoms with Gasteiger partial charge in [0.1, 0.15) is 0 Å². The lowest BCUT2D eigenvalue weighted by atomic mass is 10.1. The van der Waals surface area contributed by atoms with Crippen molar-refractivity contribution in [3.63, 3.8) is 0 Å². The number of nitrogens with zero attached hydrogens (tertiary/aromatic N) is 2. The third-order valence-corrected chi connectivity index (χ3v) is 3.01. The fraction of sp³-hybridized carbons (Fsp3) is 0.400. The summed E-state index contributed by atoms with van der Waals surface area (Å²) >= 11 is 0. The van der Waals surface area contributed by atoms with Crippen LogP contribution in [0.25, 0.3) is 0 Å². The summed E-state index contributed by atoms with van der Waals surface area (Å²) in [6.07, 6.45) is 5.88. The zero-order valence-electron chi connectivity index (χ0n) is 11.1. The summed E-state index contributed by atoms with van der Waals surface area (Å²) in [4.78, 5) is 4.37. The maximum Gasteiger partial charge on any atom is 0.0952 e. The zero-order chi connectivity index (χ0) is 13.0. The molecule has 0 saturated heterocycles. The van der Waals surface area contributed by atoms with E-state index < -0.39 is 0 Å². The highest BCUT2D eigenvalue weighted by Crippen LogP contribution is 2.08. The van der Waals surface area contributed by atoms with Crippen LogP contribution in [0, 0.1) is 0 Å². The molecular formula is C15H21N3. The second-order valence-corrected chi connectivity index (χ2v) is 4.89. The van der Waals surface area contributed by atoms with Crippen molar-refractivity contribution in [2.24, 2.45) is 5.73 Å².